The molecule has 0 spiro atoms. The van der Waals surface area contributed by atoms with E-state index >= 15 is 0 Å². The third-order valence-electron chi connectivity index (χ3n) is 4.16. The summed E-state index contributed by atoms with van der Waals surface area (Å²) >= 11 is 6.13. The maximum atomic E-state index is 12.2. The topological polar surface area (TPSA) is 53.6 Å². The standard InChI is InChI=1S/C16H24ClN3O2/c1-11-5-4-6-14(17)15(11)19-16(21)18-12(2)13(3)20-7-9-22-10-8-20/h4-6,12-13H,7-10H2,1-3H3,(H2,18,19,21)/t12-,13+/m1/s1. The molecule has 1 aliphatic heterocycles. The minimum absolute atomic E-state index is 0.0286. The number of morpholine rings is 1. The van der Waals surface area contributed by atoms with Crippen molar-refractivity contribution in [1.82, 2.24) is 10.2 Å². The van der Waals surface area contributed by atoms with E-state index in [2.05, 4.69) is 22.5 Å². The average molecular weight is 326 g/mol. The molecule has 1 fully saturated rings. The molecule has 0 saturated carbocycles. The molecule has 1 heterocycles. The van der Waals surface area contributed by atoms with Gasteiger partial charge in [0.25, 0.3) is 0 Å². The van der Waals surface area contributed by atoms with E-state index < -0.39 is 0 Å². The van der Waals surface area contributed by atoms with Crippen molar-refractivity contribution in [2.24, 2.45) is 0 Å². The Labute approximate surface area is 137 Å². The highest BCUT2D eigenvalue weighted by molar-refractivity contribution is 6.33. The number of nitrogens with one attached hydrogen (secondary N) is 2. The quantitative estimate of drug-likeness (QED) is 0.895. The molecule has 1 aliphatic rings. The van der Waals surface area contributed by atoms with Crippen LogP contribution in [-0.2, 0) is 4.74 Å². The van der Waals surface area contributed by atoms with Gasteiger partial charge in [-0.05, 0) is 32.4 Å². The van der Waals surface area contributed by atoms with Gasteiger partial charge in [-0.25, -0.2) is 4.79 Å². The van der Waals surface area contributed by atoms with E-state index in [4.69, 9.17) is 16.3 Å². The van der Waals surface area contributed by atoms with Crippen molar-refractivity contribution in [3.63, 3.8) is 0 Å². The van der Waals surface area contributed by atoms with Crippen molar-refractivity contribution in [2.45, 2.75) is 32.9 Å². The van der Waals surface area contributed by atoms with E-state index in [1.165, 1.54) is 0 Å². The fraction of sp³-hybridized carbons (Fsp3) is 0.562. The molecule has 5 nitrogen and oxygen atoms in total. The number of rotatable bonds is 4. The minimum Gasteiger partial charge on any atom is -0.379 e. The first-order valence-corrected chi connectivity index (χ1v) is 8.01. The van der Waals surface area contributed by atoms with Gasteiger partial charge in [-0.2, -0.15) is 0 Å². The molecule has 22 heavy (non-hydrogen) atoms. The Morgan fingerprint density at radius 1 is 1.32 bits per heavy atom. The summed E-state index contributed by atoms with van der Waals surface area (Å²) < 4.78 is 5.36. The fourth-order valence-electron chi connectivity index (χ4n) is 2.57. The number of aryl methyl sites for hydroxylation is 1. The number of carbonyl (C=O) groups is 1. The van der Waals surface area contributed by atoms with E-state index in [-0.39, 0.29) is 18.1 Å². The molecular formula is C16H24ClN3O2. The largest absolute Gasteiger partial charge is 0.379 e. The Kier molecular flexibility index (Phi) is 6.06. The normalized spacial score (nSPS) is 18.5. The van der Waals surface area contributed by atoms with Gasteiger partial charge < -0.3 is 15.4 Å². The zero-order valence-electron chi connectivity index (χ0n) is 13.4. The summed E-state index contributed by atoms with van der Waals surface area (Å²) in [6.07, 6.45) is 0. The molecular weight excluding hydrogens is 302 g/mol. The SMILES string of the molecule is Cc1cccc(Cl)c1NC(=O)N[C@H](C)[C@H](C)N1CCOCC1. The molecule has 2 rings (SSSR count). The predicted octanol–water partition coefficient (Wildman–Crippen LogP) is 2.88. The van der Waals surface area contributed by atoms with Crippen LogP contribution in [0.5, 0.6) is 0 Å². The van der Waals surface area contributed by atoms with Crippen LogP contribution in [0.15, 0.2) is 18.2 Å². The number of anilines is 1. The zero-order chi connectivity index (χ0) is 16.1. The zero-order valence-corrected chi connectivity index (χ0v) is 14.1. The lowest BCUT2D eigenvalue weighted by Gasteiger charge is -2.35. The summed E-state index contributed by atoms with van der Waals surface area (Å²) in [6, 6.07) is 5.60. The first-order valence-electron chi connectivity index (χ1n) is 7.63. The third kappa shape index (κ3) is 4.35. The van der Waals surface area contributed by atoms with Gasteiger partial charge in [-0.3, -0.25) is 4.90 Å². The molecule has 2 N–H and O–H groups in total. The lowest BCUT2D eigenvalue weighted by molar-refractivity contribution is 0.0146. The first kappa shape index (κ1) is 17.1. The second kappa shape index (κ2) is 7.81. The van der Waals surface area contributed by atoms with E-state index in [0.29, 0.717) is 10.7 Å². The lowest BCUT2D eigenvalue weighted by Crippen LogP contribution is -2.52. The number of ether oxygens (including phenoxy) is 1. The monoisotopic (exact) mass is 325 g/mol. The summed E-state index contributed by atoms with van der Waals surface area (Å²) in [5.74, 6) is 0. The molecule has 0 aliphatic carbocycles. The molecule has 0 radical (unpaired) electrons. The van der Waals surface area contributed by atoms with E-state index in [9.17, 15) is 4.79 Å². The number of para-hydroxylation sites is 1. The van der Waals surface area contributed by atoms with Gasteiger partial charge in [-0.15, -0.1) is 0 Å². The Bertz CT molecular complexity index is 498. The number of amides is 2. The second-order valence-electron chi connectivity index (χ2n) is 5.71. The fourth-order valence-corrected chi connectivity index (χ4v) is 2.84. The van der Waals surface area contributed by atoms with Crippen LogP contribution >= 0.6 is 11.6 Å². The van der Waals surface area contributed by atoms with Crippen LogP contribution in [0.1, 0.15) is 19.4 Å². The highest BCUT2D eigenvalue weighted by Crippen LogP contribution is 2.25. The maximum absolute atomic E-state index is 12.2. The van der Waals surface area contributed by atoms with E-state index in [1.807, 2.05) is 26.0 Å². The Morgan fingerprint density at radius 3 is 2.64 bits per heavy atom. The van der Waals surface area contributed by atoms with Crippen LogP contribution in [0.2, 0.25) is 5.02 Å². The van der Waals surface area contributed by atoms with Crippen molar-refractivity contribution in [3.05, 3.63) is 28.8 Å². The number of hydrogen-bond donors (Lipinski definition) is 2. The maximum Gasteiger partial charge on any atom is 0.319 e. The molecule has 122 valence electrons. The highest BCUT2D eigenvalue weighted by atomic mass is 35.5. The molecule has 2 amide bonds. The summed E-state index contributed by atoms with van der Waals surface area (Å²) in [5, 5.41) is 6.38. The van der Waals surface area contributed by atoms with Gasteiger partial charge in [0.05, 0.1) is 23.9 Å². The van der Waals surface area contributed by atoms with Crippen LogP contribution in [0, 0.1) is 6.92 Å². The number of carbonyl (C=O) groups excluding carboxylic acids is 1. The third-order valence-corrected chi connectivity index (χ3v) is 4.48. The van der Waals surface area contributed by atoms with Gasteiger partial charge in [0.2, 0.25) is 0 Å². The van der Waals surface area contributed by atoms with Gasteiger partial charge in [0, 0.05) is 25.2 Å². The van der Waals surface area contributed by atoms with Crippen molar-refractivity contribution in [2.75, 3.05) is 31.6 Å². The summed E-state index contributed by atoms with van der Waals surface area (Å²) in [4.78, 5) is 14.5. The Morgan fingerprint density at radius 2 is 2.00 bits per heavy atom. The number of nitrogens with zero attached hydrogens (tertiary/aromatic N) is 1. The predicted molar refractivity (Wildman–Crippen MR) is 89.7 cm³/mol. The molecule has 1 saturated heterocycles. The number of hydrogen-bond acceptors (Lipinski definition) is 3. The lowest BCUT2D eigenvalue weighted by atomic mass is 10.1. The van der Waals surface area contributed by atoms with E-state index in [1.54, 1.807) is 6.07 Å². The molecule has 2 atom stereocenters. The van der Waals surface area contributed by atoms with Crippen molar-refractivity contribution >= 4 is 23.3 Å². The van der Waals surface area contributed by atoms with Crippen molar-refractivity contribution in [3.8, 4) is 0 Å². The van der Waals surface area contributed by atoms with Crippen LogP contribution in [0.25, 0.3) is 0 Å². The van der Waals surface area contributed by atoms with Gasteiger partial charge in [-0.1, -0.05) is 23.7 Å². The van der Waals surface area contributed by atoms with Crippen molar-refractivity contribution in [1.29, 1.82) is 0 Å². The molecule has 1 aromatic rings. The molecule has 0 unspecified atom stereocenters. The highest BCUT2D eigenvalue weighted by Gasteiger charge is 2.23. The molecule has 0 aromatic heterocycles. The minimum atomic E-state index is -0.233. The van der Waals surface area contributed by atoms with Gasteiger partial charge in [0.15, 0.2) is 0 Å². The number of halogens is 1. The van der Waals surface area contributed by atoms with Crippen LogP contribution in [-0.4, -0.2) is 49.3 Å². The van der Waals surface area contributed by atoms with Crippen LogP contribution in [0.3, 0.4) is 0 Å². The number of benzene rings is 1. The smallest absolute Gasteiger partial charge is 0.319 e. The Hall–Kier alpha value is -1.30. The summed E-state index contributed by atoms with van der Waals surface area (Å²) in [5.41, 5.74) is 1.60. The first-order chi connectivity index (χ1) is 10.5. The molecule has 0 bridgehead atoms. The number of urea groups is 1. The summed E-state index contributed by atoms with van der Waals surface area (Å²) in [7, 11) is 0. The van der Waals surface area contributed by atoms with Crippen LogP contribution < -0.4 is 10.6 Å². The average Bonchev–Trinajstić information content (AvgIpc) is 2.51. The van der Waals surface area contributed by atoms with Crippen LogP contribution in [0.4, 0.5) is 10.5 Å². The molecule has 6 heteroatoms. The van der Waals surface area contributed by atoms with Gasteiger partial charge in [0.1, 0.15) is 0 Å². The van der Waals surface area contributed by atoms with Gasteiger partial charge >= 0.3 is 6.03 Å². The Balaban J connectivity index is 1.90. The van der Waals surface area contributed by atoms with E-state index in [0.717, 1.165) is 31.9 Å². The second-order valence-corrected chi connectivity index (χ2v) is 6.12. The summed E-state index contributed by atoms with van der Waals surface area (Å²) in [6.45, 7) is 9.36. The van der Waals surface area contributed by atoms with Crippen molar-refractivity contribution < 1.29 is 9.53 Å². The molecule has 1 aromatic carbocycles.